The summed E-state index contributed by atoms with van der Waals surface area (Å²) in [5.74, 6) is 0.850. The van der Waals surface area contributed by atoms with E-state index in [2.05, 4.69) is 27.1 Å². The van der Waals surface area contributed by atoms with E-state index in [0.29, 0.717) is 31.7 Å². The SMILES string of the molecule is Cc1nc(C)c(-c2cc(-c3ccc(N4CCN(C(=O)OC(C)(C)C)CC4)nc3)c3c(C#N)cnn3c2)s1. The monoisotopic (exact) mass is 515 g/mol. The summed E-state index contributed by atoms with van der Waals surface area (Å²) in [7, 11) is 0. The number of piperazine rings is 1. The maximum absolute atomic E-state index is 12.4. The van der Waals surface area contributed by atoms with E-state index in [1.54, 1.807) is 26.9 Å². The standard InChI is InChI=1S/C27H29N7O2S/c1-17-25(37-18(2)31-17)20-12-22(24-21(13-28)15-30-34(24)16-20)19-6-7-23(29-14-19)32-8-10-33(11-9-32)26(35)36-27(3,4)5/h6-7,12,14-16H,8-11H2,1-5H3. The molecule has 0 aromatic carbocycles. The van der Waals surface area contributed by atoms with Crippen LogP contribution in [-0.2, 0) is 4.74 Å². The Morgan fingerprint density at radius 1 is 1.11 bits per heavy atom. The fourth-order valence-electron chi connectivity index (χ4n) is 4.52. The molecule has 1 aliphatic rings. The van der Waals surface area contributed by atoms with Gasteiger partial charge in [0, 0.05) is 55.3 Å². The van der Waals surface area contributed by atoms with Crippen LogP contribution in [0, 0.1) is 25.2 Å². The topological polar surface area (TPSA) is 99.6 Å². The normalized spacial score (nSPS) is 14.2. The van der Waals surface area contributed by atoms with Gasteiger partial charge < -0.3 is 14.5 Å². The van der Waals surface area contributed by atoms with E-state index in [1.165, 1.54) is 0 Å². The Labute approximate surface area is 219 Å². The number of nitriles is 1. The number of hydrogen-bond acceptors (Lipinski definition) is 8. The molecule has 4 aromatic rings. The smallest absolute Gasteiger partial charge is 0.410 e. The fourth-order valence-corrected chi connectivity index (χ4v) is 5.42. The highest BCUT2D eigenvalue weighted by molar-refractivity contribution is 7.15. The largest absolute Gasteiger partial charge is 0.444 e. The molecular weight excluding hydrogens is 486 g/mol. The predicted octanol–water partition coefficient (Wildman–Crippen LogP) is 5.07. The molecule has 4 aromatic heterocycles. The van der Waals surface area contributed by atoms with Gasteiger partial charge in [-0.1, -0.05) is 0 Å². The Kier molecular flexibility index (Phi) is 6.33. The second kappa shape index (κ2) is 9.48. The van der Waals surface area contributed by atoms with Gasteiger partial charge in [-0.3, -0.25) is 0 Å². The Morgan fingerprint density at radius 3 is 2.46 bits per heavy atom. The number of amides is 1. The summed E-state index contributed by atoms with van der Waals surface area (Å²) in [5, 5.41) is 15.1. The first-order valence-corrected chi connectivity index (χ1v) is 13.0. The molecule has 1 fully saturated rings. The zero-order valence-corrected chi connectivity index (χ0v) is 22.5. The number of aryl methyl sites for hydroxylation is 2. The predicted molar refractivity (Wildman–Crippen MR) is 144 cm³/mol. The lowest BCUT2D eigenvalue weighted by Crippen LogP contribution is -2.50. The molecule has 0 atom stereocenters. The van der Waals surface area contributed by atoms with Crippen LogP contribution < -0.4 is 4.90 Å². The molecule has 10 heteroatoms. The molecule has 37 heavy (non-hydrogen) atoms. The van der Waals surface area contributed by atoms with Crippen molar-refractivity contribution in [3.63, 3.8) is 0 Å². The van der Waals surface area contributed by atoms with Crippen LogP contribution in [0.2, 0.25) is 0 Å². The number of hydrogen-bond donors (Lipinski definition) is 0. The maximum Gasteiger partial charge on any atom is 0.410 e. The van der Waals surface area contributed by atoms with Crippen molar-refractivity contribution in [3.8, 4) is 27.6 Å². The van der Waals surface area contributed by atoms with Crippen LogP contribution in [0.15, 0.2) is 36.8 Å². The van der Waals surface area contributed by atoms with Crippen molar-refractivity contribution >= 4 is 28.8 Å². The number of anilines is 1. The zero-order valence-electron chi connectivity index (χ0n) is 21.6. The minimum Gasteiger partial charge on any atom is -0.444 e. The molecule has 0 spiro atoms. The van der Waals surface area contributed by atoms with E-state index in [1.807, 2.05) is 59.1 Å². The average Bonchev–Trinajstić information content (AvgIpc) is 3.44. The van der Waals surface area contributed by atoms with Gasteiger partial charge in [0.1, 0.15) is 17.5 Å². The molecule has 1 aliphatic heterocycles. The summed E-state index contributed by atoms with van der Waals surface area (Å²) in [5.41, 5.74) is 4.53. The molecule has 0 aliphatic carbocycles. The minimum atomic E-state index is -0.507. The number of ether oxygens (including phenoxy) is 1. The Morgan fingerprint density at radius 2 is 1.86 bits per heavy atom. The number of carbonyl (C=O) groups excluding carboxylic acids is 1. The van der Waals surface area contributed by atoms with Crippen LogP contribution in [0.3, 0.4) is 0 Å². The highest BCUT2D eigenvalue weighted by atomic mass is 32.1. The highest BCUT2D eigenvalue weighted by Gasteiger charge is 2.26. The molecule has 1 amide bonds. The third-order valence-electron chi connectivity index (χ3n) is 6.21. The molecule has 0 N–H and O–H groups in total. The minimum absolute atomic E-state index is 0.278. The molecule has 5 heterocycles. The average molecular weight is 516 g/mol. The third-order valence-corrected chi connectivity index (χ3v) is 7.33. The van der Waals surface area contributed by atoms with Gasteiger partial charge in [-0.2, -0.15) is 10.4 Å². The summed E-state index contributed by atoms with van der Waals surface area (Å²) in [6.07, 6.45) is 5.11. The second-order valence-corrected chi connectivity index (χ2v) is 11.3. The Bertz CT molecular complexity index is 1500. The molecule has 0 bridgehead atoms. The first-order chi connectivity index (χ1) is 17.6. The first kappa shape index (κ1) is 24.7. The van der Waals surface area contributed by atoms with E-state index >= 15 is 0 Å². The van der Waals surface area contributed by atoms with Crippen LogP contribution in [0.1, 0.15) is 37.0 Å². The summed E-state index contributed by atoms with van der Waals surface area (Å²) in [6.45, 7) is 12.1. The van der Waals surface area contributed by atoms with E-state index in [-0.39, 0.29) is 6.09 Å². The van der Waals surface area contributed by atoms with Crippen LogP contribution in [0.4, 0.5) is 10.6 Å². The van der Waals surface area contributed by atoms with Crippen molar-refractivity contribution in [3.05, 3.63) is 53.1 Å². The number of rotatable bonds is 3. The van der Waals surface area contributed by atoms with Crippen LogP contribution >= 0.6 is 11.3 Å². The van der Waals surface area contributed by atoms with E-state index in [4.69, 9.17) is 9.72 Å². The fraction of sp³-hybridized carbons (Fsp3) is 0.370. The molecular formula is C27H29N7O2S. The van der Waals surface area contributed by atoms with Crippen molar-refractivity contribution < 1.29 is 9.53 Å². The summed E-state index contributed by atoms with van der Waals surface area (Å²) in [4.78, 5) is 26.7. The highest BCUT2D eigenvalue weighted by Crippen LogP contribution is 2.36. The number of thiazole rings is 1. The van der Waals surface area contributed by atoms with Crippen LogP contribution in [-0.4, -0.2) is 62.4 Å². The molecule has 0 saturated carbocycles. The van der Waals surface area contributed by atoms with Crippen molar-refractivity contribution in [2.75, 3.05) is 31.1 Å². The molecule has 190 valence electrons. The number of nitrogens with zero attached hydrogens (tertiary/aromatic N) is 7. The van der Waals surface area contributed by atoms with Crippen molar-refractivity contribution in [2.45, 2.75) is 40.2 Å². The van der Waals surface area contributed by atoms with Gasteiger partial charge in [-0.25, -0.2) is 19.3 Å². The van der Waals surface area contributed by atoms with Crippen molar-refractivity contribution in [1.82, 2.24) is 24.5 Å². The maximum atomic E-state index is 12.4. The van der Waals surface area contributed by atoms with Gasteiger partial charge in [-0.15, -0.1) is 11.3 Å². The lowest BCUT2D eigenvalue weighted by molar-refractivity contribution is 0.0240. The lowest BCUT2D eigenvalue weighted by Gasteiger charge is -2.36. The van der Waals surface area contributed by atoms with E-state index in [0.717, 1.165) is 43.6 Å². The van der Waals surface area contributed by atoms with Gasteiger partial charge >= 0.3 is 6.09 Å². The molecule has 0 radical (unpaired) electrons. The summed E-state index contributed by atoms with van der Waals surface area (Å²) < 4.78 is 7.27. The van der Waals surface area contributed by atoms with E-state index < -0.39 is 5.60 Å². The second-order valence-electron chi connectivity index (χ2n) is 10.1. The molecule has 5 rings (SSSR count). The van der Waals surface area contributed by atoms with Crippen molar-refractivity contribution in [2.24, 2.45) is 0 Å². The molecule has 9 nitrogen and oxygen atoms in total. The Balaban J connectivity index is 1.42. The van der Waals surface area contributed by atoms with Gasteiger partial charge in [0.15, 0.2) is 0 Å². The molecule has 0 unspecified atom stereocenters. The summed E-state index contributed by atoms with van der Waals surface area (Å²) in [6, 6.07) is 8.37. The van der Waals surface area contributed by atoms with Crippen LogP contribution in [0.5, 0.6) is 0 Å². The van der Waals surface area contributed by atoms with Crippen LogP contribution in [0.25, 0.3) is 27.1 Å². The number of pyridine rings is 2. The quantitative estimate of drug-likeness (QED) is 0.376. The van der Waals surface area contributed by atoms with Gasteiger partial charge in [0.05, 0.1) is 32.9 Å². The lowest BCUT2D eigenvalue weighted by atomic mass is 10.0. The zero-order chi connectivity index (χ0) is 26.3. The first-order valence-electron chi connectivity index (χ1n) is 12.2. The van der Waals surface area contributed by atoms with Gasteiger partial charge in [-0.05, 0) is 52.8 Å². The number of carbonyl (C=O) groups is 1. The van der Waals surface area contributed by atoms with Gasteiger partial charge in [0.25, 0.3) is 0 Å². The van der Waals surface area contributed by atoms with Gasteiger partial charge in [0.2, 0.25) is 0 Å². The Hall–Kier alpha value is -3.97. The van der Waals surface area contributed by atoms with Crippen molar-refractivity contribution in [1.29, 1.82) is 5.26 Å². The number of fused-ring (bicyclic) bond motifs is 1. The third kappa shape index (κ3) is 5.00. The molecule has 1 saturated heterocycles. The summed E-state index contributed by atoms with van der Waals surface area (Å²) >= 11 is 1.64. The van der Waals surface area contributed by atoms with E-state index in [9.17, 15) is 10.1 Å². The number of aromatic nitrogens is 4.